The molecule has 0 radical (unpaired) electrons. The van der Waals surface area contributed by atoms with Crippen LogP contribution < -0.4 is 15.9 Å². The van der Waals surface area contributed by atoms with Gasteiger partial charge in [-0.05, 0) is 55.7 Å². The highest BCUT2D eigenvalue weighted by molar-refractivity contribution is 7.95. The molecule has 0 aliphatic rings. The van der Waals surface area contributed by atoms with Crippen LogP contribution in [-0.2, 0) is 0 Å². The highest BCUT2D eigenvalue weighted by Gasteiger charge is 2.44. The van der Waals surface area contributed by atoms with Gasteiger partial charge in [-0.2, -0.15) is 0 Å². The summed E-state index contributed by atoms with van der Waals surface area (Å²) < 4.78 is 0. The monoisotopic (exact) mass is 405 g/mol. The highest BCUT2D eigenvalue weighted by Crippen LogP contribution is 2.55. The van der Waals surface area contributed by atoms with Gasteiger partial charge in [0.25, 0.3) is 0 Å². The van der Waals surface area contributed by atoms with Crippen molar-refractivity contribution in [2.45, 2.75) is 44.9 Å². The van der Waals surface area contributed by atoms with Gasteiger partial charge in [0.2, 0.25) is 0 Å². The third-order valence-electron chi connectivity index (χ3n) is 5.74. The van der Waals surface area contributed by atoms with Crippen molar-refractivity contribution in [1.29, 1.82) is 0 Å². The average Bonchev–Trinajstić information content (AvgIpc) is 2.80. The standard InChI is InChI=1S/C27H34OP/c28-23-15-4-2-1-3-5-16-24-29(25-17-9-6-10-18-25,26-19-11-7-12-20-26)27-21-13-8-14-22-27/h6-14,17-22,28H,1-5,15-16,23-24H2/q+1. The number of aliphatic hydroxyl groups is 1. The fraction of sp³-hybridized carbons (Fsp3) is 0.333. The van der Waals surface area contributed by atoms with Gasteiger partial charge in [0.15, 0.2) is 0 Å². The first-order valence-corrected chi connectivity index (χ1v) is 13.0. The van der Waals surface area contributed by atoms with Crippen molar-refractivity contribution < 1.29 is 5.11 Å². The van der Waals surface area contributed by atoms with Crippen molar-refractivity contribution >= 4 is 23.2 Å². The van der Waals surface area contributed by atoms with E-state index in [0.717, 1.165) is 12.8 Å². The summed E-state index contributed by atoms with van der Waals surface area (Å²) in [5, 5.41) is 13.4. The van der Waals surface area contributed by atoms with Gasteiger partial charge in [-0.1, -0.05) is 80.3 Å². The molecule has 2 heteroatoms. The molecule has 152 valence electrons. The Labute approximate surface area is 177 Å². The highest BCUT2D eigenvalue weighted by atomic mass is 31.2. The molecular weight excluding hydrogens is 371 g/mol. The Balaban J connectivity index is 1.83. The van der Waals surface area contributed by atoms with E-state index in [1.165, 1.54) is 54.2 Å². The zero-order chi connectivity index (χ0) is 20.2. The van der Waals surface area contributed by atoms with E-state index in [1.54, 1.807) is 0 Å². The Morgan fingerprint density at radius 3 is 1.17 bits per heavy atom. The van der Waals surface area contributed by atoms with Crippen LogP contribution in [0, 0.1) is 0 Å². The molecule has 0 bridgehead atoms. The summed E-state index contributed by atoms with van der Waals surface area (Å²) in [6.07, 6.45) is 9.70. The summed E-state index contributed by atoms with van der Waals surface area (Å²) in [6.45, 7) is 0.332. The Kier molecular flexibility index (Phi) is 8.93. The van der Waals surface area contributed by atoms with Gasteiger partial charge < -0.3 is 5.11 Å². The number of hydrogen-bond donors (Lipinski definition) is 1. The molecule has 3 aromatic carbocycles. The lowest BCUT2D eigenvalue weighted by Crippen LogP contribution is -2.33. The maximum Gasteiger partial charge on any atom is 0.112 e. The molecule has 0 unspecified atom stereocenters. The smallest absolute Gasteiger partial charge is 0.112 e. The molecule has 0 spiro atoms. The van der Waals surface area contributed by atoms with E-state index in [4.69, 9.17) is 5.11 Å². The van der Waals surface area contributed by atoms with E-state index >= 15 is 0 Å². The normalized spacial score (nSPS) is 11.5. The van der Waals surface area contributed by atoms with Crippen LogP contribution >= 0.6 is 7.26 Å². The molecule has 0 aliphatic carbocycles. The van der Waals surface area contributed by atoms with E-state index in [9.17, 15) is 0 Å². The van der Waals surface area contributed by atoms with Crippen LogP contribution in [0.3, 0.4) is 0 Å². The van der Waals surface area contributed by atoms with Gasteiger partial charge in [-0.3, -0.25) is 0 Å². The Hall–Kier alpha value is -1.95. The second-order valence-electron chi connectivity index (χ2n) is 7.74. The Bertz CT molecular complexity index is 705. The van der Waals surface area contributed by atoms with E-state index in [2.05, 4.69) is 91.0 Å². The molecule has 0 saturated carbocycles. The first-order chi connectivity index (χ1) is 14.4. The summed E-state index contributed by atoms with van der Waals surface area (Å²) in [6, 6.07) is 33.5. The number of unbranched alkanes of at least 4 members (excludes halogenated alkanes) is 6. The minimum Gasteiger partial charge on any atom is -0.396 e. The molecule has 0 saturated heterocycles. The second kappa shape index (κ2) is 11.9. The van der Waals surface area contributed by atoms with Gasteiger partial charge in [-0.15, -0.1) is 0 Å². The lowest BCUT2D eigenvalue weighted by molar-refractivity contribution is 0.282. The third kappa shape index (κ3) is 5.78. The van der Waals surface area contributed by atoms with Crippen LogP contribution in [0.4, 0.5) is 0 Å². The van der Waals surface area contributed by atoms with Crippen molar-refractivity contribution in [2.75, 3.05) is 12.8 Å². The number of benzene rings is 3. The average molecular weight is 406 g/mol. The lowest BCUT2D eigenvalue weighted by Gasteiger charge is -2.27. The van der Waals surface area contributed by atoms with Crippen LogP contribution in [0.1, 0.15) is 44.9 Å². The van der Waals surface area contributed by atoms with Crippen LogP contribution in [0.2, 0.25) is 0 Å². The molecule has 3 aromatic rings. The van der Waals surface area contributed by atoms with Gasteiger partial charge in [0, 0.05) is 6.61 Å². The summed E-state index contributed by atoms with van der Waals surface area (Å²) in [5.74, 6) is 0. The topological polar surface area (TPSA) is 20.2 Å². The van der Waals surface area contributed by atoms with Crippen LogP contribution in [0.25, 0.3) is 0 Å². The predicted molar refractivity (Wildman–Crippen MR) is 129 cm³/mol. The summed E-state index contributed by atoms with van der Waals surface area (Å²) in [7, 11) is -1.65. The molecule has 1 nitrogen and oxygen atoms in total. The molecule has 29 heavy (non-hydrogen) atoms. The molecule has 1 N–H and O–H groups in total. The number of hydrogen-bond acceptors (Lipinski definition) is 1. The van der Waals surface area contributed by atoms with Gasteiger partial charge in [0.1, 0.15) is 23.2 Å². The molecule has 0 amide bonds. The fourth-order valence-corrected chi connectivity index (χ4v) is 8.64. The van der Waals surface area contributed by atoms with Crippen molar-refractivity contribution in [3.05, 3.63) is 91.0 Å². The van der Waals surface area contributed by atoms with Gasteiger partial charge in [0.05, 0.1) is 6.16 Å². The van der Waals surface area contributed by atoms with Crippen LogP contribution in [-0.4, -0.2) is 17.9 Å². The van der Waals surface area contributed by atoms with E-state index in [-0.39, 0.29) is 0 Å². The summed E-state index contributed by atoms with van der Waals surface area (Å²) >= 11 is 0. The van der Waals surface area contributed by atoms with Crippen LogP contribution in [0.5, 0.6) is 0 Å². The zero-order valence-corrected chi connectivity index (χ0v) is 18.3. The fourth-order valence-electron chi connectivity index (χ4n) is 4.23. The van der Waals surface area contributed by atoms with E-state index in [1.807, 2.05) is 0 Å². The molecule has 0 atom stereocenters. The van der Waals surface area contributed by atoms with Crippen molar-refractivity contribution in [2.24, 2.45) is 0 Å². The zero-order valence-electron chi connectivity index (χ0n) is 17.4. The summed E-state index contributed by atoms with van der Waals surface area (Å²) in [4.78, 5) is 0. The van der Waals surface area contributed by atoms with E-state index < -0.39 is 7.26 Å². The molecule has 0 fully saturated rings. The lowest BCUT2D eigenvalue weighted by atomic mass is 10.1. The number of rotatable bonds is 12. The van der Waals surface area contributed by atoms with Crippen LogP contribution in [0.15, 0.2) is 91.0 Å². The first-order valence-electron chi connectivity index (χ1n) is 11.0. The maximum absolute atomic E-state index is 8.92. The van der Waals surface area contributed by atoms with Gasteiger partial charge >= 0.3 is 0 Å². The molecule has 0 aliphatic heterocycles. The SMILES string of the molecule is OCCCCCCCCC[P+](c1ccccc1)(c1ccccc1)c1ccccc1. The minimum absolute atomic E-state index is 0.332. The predicted octanol–water partition coefficient (Wildman–Crippen LogP) is 5.70. The molecular formula is C27H34OP+. The third-order valence-corrected chi connectivity index (χ3v) is 10.3. The Morgan fingerprint density at radius 2 is 0.793 bits per heavy atom. The van der Waals surface area contributed by atoms with Crippen molar-refractivity contribution in [1.82, 2.24) is 0 Å². The van der Waals surface area contributed by atoms with E-state index in [0.29, 0.717) is 6.61 Å². The molecule has 0 heterocycles. The first kappa shape index (κ1) is 21.8. The Morgan fingerprint density at radius 1 is 0.448 bits per heavy atom. The second-order valence-corrected chi connectivity index (χ2v) is 11.4. The van der Waals surface area contributed by atoms with Crippen molar-refractivity contribution in [3.63, 3.8) is 0 Å². The molecule has 0 aromatic heterocycles. The minimum atomic E-state index is -1.65. The summed E-state index contributed by atoms with van der Waals surface area (Å²) in [5.41, 5.74) is 0. The quantitative estimate of drug-likeness (QED) is 0.303. The van der Waals surface area contributed by atoms with Crippen molar-refractivity contribution in [3.8, 4) is 0 Å². The maximum atomic E-state index is 8.92. The number of aliphatic hydroxyl groups excluding tert-OH is 1. The van der Waals surface area contributed by atoms with Gasteiger partial charge in [-0.25, -0.2) is 0 Å². The largest absolute Gasteiger partial charge is 0.396 e. The molecule has 3 rings (SSSR count).